The summed E-state index contributed by atoms with van der Waals surface area (Å²) in [5.74, 6) is -0.495. The molecule has 0 aliphatic heterocycles. The fourth-order valence-electron chi connectivity index (χ4n) is 2.47. The van der Waals surface area contributed by atoms with Crippen LogP contribution in [0.1, 0.15) is 10.4 Å². The highest BCUT2D eigenvalue weighted by molar-refractivity contribution is 7.99. The number of imidazole rings is 1. The van der Waals surface area contributed by atoms with E-state index in [4.69, 9.17) is 23.2 Å². The zero-order valence-corrected chi connectivity index (χ0v) is 19.4. The number of nitrogens with zero attached hydrogens (tertiary/aromatic N) is 3. The summed E-state index contributed by atoms with van der Waals surface area (Å²) in [6.45, 7) is 0. The molecular formula is C19H18Cl2N4O3S2. The fourth-order valence-corrected chi connectivity index (χ4v) is 4.91. The van der Waals surface area contributed by atoms with Crippen LogP contribution in [0.15, 0.2) is 63.7 Å². The van der Waals surface area contributed by atoms with Crippen molar-refractivity contribution in [3.05, 3.63) is 64.4 Å². The Kier molecular flexibility index (Phi) is 6.78. The molecule has 3 aromatic rings. The Labute approximate surface area is 189 Å². The third kappa shape index (κ3) is 4.81. The number of rotatable bonds is 6. The van der Waals surface area contributed by atoms with Gasteiger partial charge in [-0.3, -0.25) is 4.79 Å². The number of hydrogen-bond acceptors (Lipinski definition) is 5. The van der Waals surface area contributed by atoms with Crippen molar-refractivity contribution in [3.8, 4) is 0 Å². The highest BCUT2D eigenvalue weighted by Crippen LogP contribution is 2.34. The standard InChI is InChI=1S/C19H18Cl2N4O3S2/c1-24(2)30(27,28)17-10-12(4-6-14(17)21)18(26)23-15-11-13(20)5-7-16(15)29-19-22-8-9-25(19)3/h4-11H,1-3H3,(H,23,26). The van der Waals surface area contributed by atoms with Crippen LogP contribution in [-0.4, -0.2) is 42.3 Å². The number of hydrogen-bond donors (Lipinski definition) is 1. The SMILES string of the molecule is CN(C)S(=O)(=O)c1cc(C(=O)Nc2cc(Cl)ccc2Sc2nccn2C)ccc1Cl. The number of carbonyl (C=O) groups is 1. The van der Waals surface area contributed by atoms with Crippen LogP contribution in [0.3, 0.4) is 0 Å². The summed E-state index contributed by atoms with van der Waals surface area (Å²) in [5.41, 5.74) is 0.625. The second-order valence-corrected chi connectivity index (χ2v) is 10.4. The van der Waals surface area contributed by atoms with E-state index in [0.717, 1.165) is 14.4 Å². The Bertz CT molecular complexity index is 1210. The predicted molar refractivity (Wildman–Crippen MR) is 119 cm³/mol. The maximum atomic E-state index is 12.9. The summed E-state index contributed by atoms with van der Waals surface area (Å²) < 4.78 is 27.8. The predicted octanol–water partition coefficient (Wildman–Crippen LogP) is 4.38. The summed E-state index contributed by atoms with van der Waals surface area (Å²) in [7, 11) is 0.848. The molecular weight excluding hydrogens is 467 g/mol. The summed E-state index contributed by atoms with van der Waals surface area (Å²) in [4.78, 5) is 17.7. The van der Waals surface area contributed by atoms with Gasteiger partial charge in [0, 0.05) is 49.0 Å². The first-order valence-corrected chi connectivity index (χ1v) is 11.6. The van der Waals surface area contributed by atoms with E-state index in [-0.39, 0.29) is 15.5 Å². The van der Waals surface area contributed by atoms with Crippen LogP contribution in [0.5, 0.6) is 0 Å². The first kappa shape index (κ1) is 22.6. The van der Waals surface area contributed by atoms with Crippen LogP contribution in [0.25, 0.3) is 0 Å². The van der Waals surface area contributed by atoms with E-state index in [2.05, 4.69) is 10.3 Å². The average molecular weight is 485 g/mol. The van der Waals surface area contributed by atoms with E-state index in [1.54, 1.807) is 24.4 Å². The molecule has 0 fully saturated rings. The molecule has 0 saturated carbocycles. The highest BCUT2D eigenvalue weighted by Gasteiger charge is 2.23. The molecule has 7 nitrogen and oxygen atoms in total. The Balaban J connectivity index is 1.93. The smallest absolute Gasteiger partial charge is 0.255 e. The molecule has 0 aliphatic rings. The van der Waals surface area contributed by atoms with Gasteiger partial charge in [0.1, 0.15) is 4.90 Å². The van der Waals surface area contributed by atoms with E-state index in [0.29, 0.717) is 10.7 Å². The lowest BCUT2D eigenvalue weighted by Gasteiger charge is -2.15. The molecule has 1 aromatic heterocycles. The van der Waals surface area contributed by atoms with Gasteiger partial charge in [0.25, 0.3) is 5.91 Å². The Hall–Kier alpha value is -2.04. The highest BCUT2D eigenvalue weighted by atomic mass is 35.5. The Morgan fingerprint density at radius 3 is 2.53 bits per heavy atom. The average Bonchev–Trinajstić information content (AvgIpc) is 3.08. The number of aromatic nitrogens is 2. The number of anilines is 1. The minimum Gasteiger partial charge on any atom is -0.329 e. The van der Waals surface area contributed by atoms with Gasteiger partial charge >= 0.3 is 0 Å². The number of sulfonamides is 1. The van der Waals surface area contributed by atoms with Gasteiger partial charge in [0.15, 0.2) is 5.16 Å². The third-order valence-electron chi connectivity index (χ3n) is 4.12. The molecule has 0 aliphatic carbocycles. The van der Waals surface area contributed by atoms with Crippen molar-refractivity contribution in [2.75, 3.05) is 19.4 Å². The van der Waals surface area contributed by atoms with Gasteiger partial charge in [-0.1, -0.05) is 23.2 Å². The number of halogens is 2. The van der Waals surface area contributed by atoms with Crippen molar-refractivity contribution in [2.45, 2.75) is 14.9 Å². The van der Waals surface area contributed by atoms with Crippen molar-refractivity contribution in [3.63, 3.8) is 0 Å². The summed E-state index contributed by atoms with van der Waals surface area (Å²) in [6, 6.07) is 9.21. The number of benzene rings is 2. The van der Waals surface area contributed by atoms with Gasteiger partial charge in [-0.05, 0) is 48.2 Å². The largest absolute Gasteiger partial charge is 0.329 e. The molecule has 2 aromatic carbocycles. The summed E-state index contributed by atoms with van der Waals surface area (Å²) in [6.07, 6.45) is 3.49. The summed E-state index contributed by atoms with van der Waals surface area (Å²) in [5, 5.41) is 4.01. The van der Waals surface area contributed by atoms with E-state index in [1.165, 1.54) is 44.1 Å². The maximum absolute atomic E-state index is 12.9. The number of aryl methyl sites for hydroxylation is 1. The van der Waals surface area contributed by atoms with Crippen LogP contribution < -0.4 is 5.32 Å². The molecule has 1 N–H and O–H groups in total. The lowest BCUT2D eigenvalue weighted by molar-refractivity contribution is 0.102. The minimum absolute atomic E-state index is 0.0361. The van der Waals surface area contributed by atoms with Crippen molar-refractivity contribution < 1.29 is 13.2 Å². The van der Waals surface area contributed by atoms with Crippen molar-refractivity contribution in [1.29, 1.82) is 0 Å². The van der Waals surface area contributed by atoms with Crippen LogP contribution in [-0.2, 0) is 17.1 Å². The van der Waals surface area contributed by atoms with Gasteiger partial charge in [0.05, 0.1) is 10.7 Å². The van der Waals surface area contributed by atoms with E-state index in [9.17, 15) is 13.2 Å². The molecule has 0 bridgehead atoms. The molecule has 0 unspecified atom stereocenters. The van der Waals surface area contributed by atoms with Crippen LogP contribution in [0.4, 0.5) is 5.69 Å². The number of amides is 1. The molecule has 3 rings (SSSR count). The zero-order chi connectivity index (χ0) is 22.1. The van der Waals surface area contributed by atoms with E-state index >= 15 is 0 Å². The number of carbonyl (C=O) groups excluding carboxylic acids is 1. The number of nitrogens with one attached hydrogen (secondary N) is 1. The Morgan fingerprint density at radius 2 is 1.90 bits per heavy atom. The Morgan fingerprint density at radius 1 is 1.17 bits per heavy atom. The van der Waals surface area contributed by atoms with Crippen molar-refractivity contribution in [2.24, 2.45) is 7.05 Å². The van der Waals surface area contributed by atoms with Crippen molar-refractivity contribution >= 4 is 56.6 Å². The monoisotopic (exact) mass is 484 g/mol. The quantitative estimate of drug-likeness (QED) is 0.560. The minimum atomic E-state index is -3.81. The molecule has 0 atom stereocenters. The van der Waals surface area contributed by atoms with Crippen molar-refractivity contribution in [1.82, 2.24) is 13.9 Å². The normalized spacial score (nSPS) is 11.7. The second-order valence-electron chi connectivity index (χ2n) is 6.45. The van der Waals surface area contributed by atoms with E-state index < -0.39 is 15.9 Å². The van der Waals surface area contributed by atoms with E-state index in [1.807, 2.05) is 17.8 Å². The third-order valence-corrected chi connectivity index (χ3v) is 7.80. The van der Waals surface area contributed by atoms with Gasteiger partial charge in [-0.2, -0.15) is 0 Å². The second kappa shape index (κ2) is 8.99. The molecule has 1 heterocycles. The molecule has 0 saturated heterocycles. The zero-order valence-electron chi connectivity index (χ0n) is 16.3. The van der Waals surface area contributed by atoms with Gasteiger partial charge in [0.2, 0.25) is 10.0 Å². The first-order valence-electron chi connectivity index (χ1n) is 8.58. The lowest BCUT2D eigenvalue weighted by Crippen LogP contribution is -2.23. The topological polar surface area (TPSA) is 84.3 Å². The maximum Gasteiger partial charge on any atom is 0.255 e. The molecule has 11 heteroatoms. The lowest BCUT2D eigenvalue weighted by atomic mass is 10.2. The molecule has 30 heavy (non-hydrogen) atoms. The first-order chi connectivity index (χ1) is 14.1. The van der Waals surface area contributed by atoms with Crippen LogP contribution in [0, 0.1) is 0 Å². The summed E-state index contributed by atoms with van der Waals surface area (Å²) >= 11 is 13.5. The van der Waals surface area contributed by atoms with Gasteiger partial charge in [-0.25, -0.2) is 17.7 Å². The van der Waals surface area contributed by atoms with Gasteiger partial charge < -0.3 is 9.88 Å². The molecule has 158 valence electrons. The molecule has 0 radical (unpaired) electrons. The van der Waals surface area contributed by atoms with Crippen LogP contribution >= 0.6 is 35.0 Å². The molecule has 0 spiro atoms. The fraction of sp³-hybridized carbons (Fsp3) is 0.158. The van der Waals surface area contributed by atoms with Crippen LogP contribution in [0.2, 0.25) is 10.0 Å². The van der Waals surface area contributed by atoms with Gasteiger partial charge in [-0.15, -0.1) is 0 Å². The molecule has 1 amide bonds.